The van der Waals surface area contributed by atoms with Crippen molar-refractivity contribution in [3.8, 4) is 0 Å². The van der Waals surface area contributed by atoms with Gasteiger partial charge in [0, 0.05) is 0 Å². The van der Waals surface area contributed by atoms with Crippen LogP contribution in [0.3, 0.4) is 0 Å². The van der Waals surface area contributed by atoms with Crippen molar-refractivity contribution < 1.29 is 13.2 Å². The van der Waals surface area contributed by atoms with Crippen LogP contribution < -0.4 is 0 Å². The first-order chi connectivity index (χ1) is 7.04. The van der Waals surface area contributed by atoms with E-state index in [2.05, 4.69) is 0 Å². The number of aryl methyl sites for hydroxylation is 1. The first kappa shape index (κ1) is 14.0. The van der Waals surface area contributed by atoms with Gasteiger partial charge in [-0.05, 0) is 18.1 Å². The van der Waals surface area contributed by atoms with Gasteiger partial charge in [0.2, 0.25) is 0 Å². The largest absolute Gasteiger partial charge is 0.416 e. The Bertz CT molecular complexity index is 276. The highest BCUT2D eigenvalue weighted by Crippen LogP contribution is 2.29. The third-order valence-electron chi connectivity index (χ3n) is 1.79. The summed E-state index contributed by atoms with van der Waals surface area (Å²) in [6, 6.07) is 5.48. The molecule has 15 heavy (non-hydrogen) atoms. The van der Waals surface area contributed by atoms with E-state index in [1.165, 1.54) is 12.1 Å². The van der Waals surface area contributed by atoms with Crippen LogP contribution in [0.2, 0.25) is 0 Å². The van der Waals surface area contributed by atoms with E-state index in [1.807, 2.05) is 20.8 Å². The second-order valence-electron chi connectivity index (χ2n) is 2.95. The van der Waals surface area contributed by atoms with Gasteiger partial charge in [0.15, 0.2) is 0 Å². The van der Waals surface area contributed by atoms with E-state index in [0.29, 0.717) is 6.42 Å². The first-order valence-corrected chi connectivity index (χ1v) is 5.20. The normalized spacial score (nSPS) is 10.5. The minimum atomic E-state index is -4.22. The van der Waals surface area contributed by atoms with Crippen molar-refractivity contribution in [2.24, 2.45) is 0 Å². The summed E-state index contributed by atoms with van der Waals surface area (Å²) in [7, 11) is 0. The second-order valence-corrected chi connectivity index (χ2v) is 2.95. The molecule has 3 heteroatoms. The number of hydrogen-bond donors (Lipinski definition) is 0. The Morgan fingerprint density at radius 1 is 1.13 bits per heavy atom. The molecule has 0 aliphatic heterocycles. The van der Waals surface area contributed by atoms with Crippen LogP contribution in [-0.2, 0) is 12.6 Å². The molecule has 0 nitrogen and oxygen atoms in total. The van der Waals surface area contributed by atoms with Gasteiger partial charge in [-0.2, -0.15) is 13.2 Å². The molecule has 0 aromatic heterocycles. The summed E-state index contributed by atoms with van der Waals surface area (Å²) >= 11 is 0. The van der Waals surface area contributed by atoms with Crippen LogP contribution in [0.4, 0.5) is 13.2 Å². The van der Waals surface area contributed by atoms with Crippen molar-refractivity contribution in [1.29, 1.82) is 0 Å². The SMILES string of the molecule is CC.CCCc1cccc(C(F)(F)F)c1. The average molecular weight is 218 g/mol. The predicted molar refractivity (Wildman–Crippen MR) is 56.8 cm³/mol. The van der Waals surface area contributed by atoms with Crippen LogP contribution in [0.25, 0.3) is 0 Å². The Labute approximate surface area is 89.1 Å². The summed E-state index contributed by atoms with van der Waals surface area (Å²) in [5.41, 5.74) is 0.191. The van der Waals surface area contributed by atoms with Crippen LogP contribution in [0, 0.1) is 0 Å². The fourth-order valence-corrected chi connectivity index (χ4v) is 1.19. The molecule has 0 aliphatic rings. The van der Waals surface area contributed by atoms with E-state index in [-0.39, 0.29) is 0 Å². The summed E-state index contributed by atoms with van der Waals surface area (Å²) in [4.78, 5) is 0. The highest BCUT2D eigenvalue weighted by Gasteiger charge is 2.30. The monoisotopic (exact) mass is 218 g/mol. The molecule has 1 rings (SSSR count). The fourth-order valence-electron chi connectivity index (χ4n) is 1.19. The summed E-state index contributed by atoms with van der Waals surface area (Å²) in [6.07, 6.45) is -2.66. The van der Waals surface area contributed by atoms with Gasteiger partial charge < -0.3 is 0 Å². The minimum absolute atomic E-state index is 0.557. The highest BCUT2D eigenvalue weighted by molar-refractivity contribution is 5.25. The van der Waals surface area contributed by atoms with E-state index in [9.17, 15) is 13.2 Å². The molecular formula is C12H17F3. The number of alkyl halides is 3. The van der Waals surface area contributed by atoms with E-state index in [0.717, 1.165) is 18.1 Å². The average Bonchev–Trinajstić information content (AvgIpc) is 2.21. The van der Waals surface area contributed by atoms with Gasteiger partial charge in [-0.1, -0.05) is 45.4 Å². The van der Waals surface area contributed by atoms with Crippen molar-refractivity contribution in [3.63, 3.8) is 0 Å². The van der Waals surface area contributed by atoms with Crippen molar-refractivity contribution in [2.45, 2.75) is 39.8 Å². The molecule has 0 saturated heterocycles. The molecule has 86 valence electrons. The highest BCUT2D eigenvalue weighted by atomic mass is 19.4. The zero-order valence-electron chi connectivity index (χ0n) is 9.36. The molecule has 0 atom stereocenters. The van der Waals surface area contributed by atoms with Crippen LogP contribution in [0.5, 0.6) is 0 Å². The third kappa shape index (κ3) is 4.86. The van der Waals surface area contributed by atoms with Crippen molar-refractivity contribution in [1.82, 2.24) is 0 Å². The Kier molecular flexibility index (Phi) is 6.06. The molecule has 0 aliphatic carbocycles. The number of halogens is 3. The summed E-state index contributed by atoms with van der Waals surface area (Å²) in [6.45, 7) is 5.94. The zero-order chi connectivity index (χ0) is 11.9. The number of rotatable bonds is 2. The molecule has 0 saturated carbocycles. The Morgan fingerprint density at radius 2 is 1.73 bits per heavy atom. The molecular weight excluding hydrogens is 201 g/mol. The van der Waals surface area contributed by atoms with Gasteiger partial charge in [-0.25, -0.2) is 0 Å². The Morgan fingerprint density at radius 3 is 2.20 bits per heavy atom. The lowest BCUT2D eigenvalue weighted by Crippen LogP contribution is -2.05. The third-order valence-corrected chi connectivity index (χ3v) is 1.79. The first-order valence-electron chi connectivity index (χ1n) is 5.20. The van der Waals surface area contributed by atoms with Gasteiger partial charge in [0.05, 0.1) is 5.56 Å². The maximum Gasteiger partial charge on any atom is 0.416 e. The maximum absolute atomic E-state index is 12.2. The van der Waals surface area contributed by atoms with Crippen molar-refractivity contribution >= 4 is 0 Å². The zero-order valence-corrected chi connectivity index (χ0v) is 9.36. The Balaban J connectivity index is 0.000000921. The lowest BCUT2D eigenvalue weighted by atomic mass is 10.1. The van der Waals surface area contributed by atoms with E-state index >= 15 is 0 Å². The molecule has 1 aromatic carbocycles. The van der Waals surface area contributed by atoms with Crippen LogP contribution in [-0.4, -0.2) is 0 Å². The van der Waals surface area contributed by atoms with E-state index in [4.69, 9.17) is 0 Å². The van der Waals surface area contributed by atoms with Gasteiger partial charge in [0.25, 0.3) is 0 Å². The molecule has 1 aromatic rings. The van der Waals surface area contributed by atoms with Gasteiger partial charge >= 0.3 is 6.18 Å². The summed E-state index contributed by atoms with van der Waals surface area (Å²) in [5.74, 6) is 0. The number of benzene rings is 1. The molecule has 0 amide bonds. The van der Waals surface area contributed by atoms with Gasteiger partial charge in [0.1, 0.15) is 0 Å². The minimum Gasteiger partial charge on any atom is -0.166 e. The lowest BCUT2D eigenvalue weighted by molar-refractivity contribution is -0.137. The van der Waals surface area contributed by atoms with Crippen LogP contribution in [0.15, 0.2) is 24.3 Å². The predicted octanol–water partition coefficient (Wildman–Crippen LogP) is 4.68. The quantitative estimate of drug-likeness (QED) is 0.675. The molecule has 0 bridgehead atoms. The lowest BCUT2D eigenvalue weighted by Gasteiger charge is -2.07. The molecule has 0 radical (unpaired) electrons. The van der Waals surface area contributed by atoms with Crippen LogP contribution in [0.1, 0.15) is 38.3 Å². The molecule has 0 spiro atoms. The molecule has 0 fully saturated rings. The van der Waals surface area contributed by atoms with E-state index in [1.54, 1.807) is 6.07 Å². The topological polar surface area (TPSA) is 0 Å². The van der Waals surface area contributed by atoms with Gasteiger partial charge in [-0.15, -0.1) is 0 Å². The second kappa shape index (κ2) is 6.49. The maximum atomic E-state index is 12.2. The van der Waals surface area contributed by atoms with Gasteiger partial charge in [-0.3, -0.25) is 0 Å². The molecule has 0 N–H and O–H groups in total. The Hall–Kier alpha value is -0.990. The molecule has 0 heterocycles. The number of hydrogen-bond acceptors (Lipinski definition) is 0. The summed E-state index contributed by atoms with van der Waals surface area (Å²) < 4.78 is 36.6. The fraction of sp³-hybridized carbons (Fsp3) is 0.500. The van der Waals surface area contributed by atoms with E-state index < -0.39 is 11.7 Å². The van der Waals surface area contributed by atoms with Crippen molar-refractivity contribution in [3.05, 3.63) is 35.4 Å². The smallest absolute Gasteiger partial charge is 0.166 e. The summed E-state index contributed by atoms with van der Waals surface area (Å²) in [5, 5.41) is 0. The molecule has 0 unspecified atom stereocenters. The standard InChI is InChI=1S/C10H11F3.C2H6/c1-2-4-8-5-3-6-9(7-8)10(11,12)13;1-2/h3,5-7H,2,4H2,1H3;1-2H3. The van der Waals surface area contributed by atoms with Crippen molar-refractivity contribution in [2.75, 3.05) is 0 Å². The van der Waals surface area contributed by atoms with Crippen LogP contribution >= 0.6 is 0 Å².